The van der Waals surface area contributed by atoms with Gasteiger partial charge in [-0.05, 0) is 19.3 Å². The molecule has 0 atom stereocenters. The largest absolute Gasteiger partial charge is 0.361 e. The van der Waals surface area contributed by atoms with Crippen molar-refractivity contribution in [1.82, 2.24) is 15.3 Å². The summed E-state index contributed by atoms with van der Waals surface area (Å²) in [6.45, 7) is 2.80. The summed E-state index contributed by atoms with van der Waals surface area (Å²) in [5.74, 6) is 1.48. The molecule has 1 heterocycles. The molecule has 0 aliphatic heterocycles. The molecule has 0 radical (unpaired) electrons. The van der Waals surface area contributed by atoms with E-state index in [9.17, 15) is 9.59 Å². The van der Waals surface area contributed by atoms with Crippen LogP contribution in [0.1, 0.15) is 37.9 Å². The zero-order chi connectivity index (χ0) is 13.0. The van der Waals surface area contributed by atoms with Crippen molar-refractivity contribution in [1.29, 1.82) is 0 Å². The minimum absolute atomic E-state index is 0.0908. The average Bonchev–Trinajstić information content (AvgIpc) is 3.17. The Morgan fingerprint density at radius 2 is 2.33 bits per heavy atom. The number of H-pyrrole nitrogens is 1. The number of amides is 1. The molecular formula is C12H18N4O2. The van der Waals surface area contributed by atoms with E-state index in [0.717, 1.165) is 25.1 Å². The third-order valence-electron chi connectivity index (χ3n) is 2.73. The Kier molecular flexibility index (Phi) is 3.96. The van der Waals surface area contributed by atoms with E-state index in [4.69, 9.17) is 0 Å². The minimum Gasteiger partial charge on any atom is -0.361 e. The number of anilines is 1. The van der Waals surface area contributed by atoms with Crippen LogP contribution in [0.25, 0.3) is 0 Å². The molecule has 2 rings (SSSR count). The zero-order valence-electron chi connectivity index (χ0n) is 10.5. The predicted octanol–water partition coefficient (Wildman–Crippen LogP) is 0.585. The van der Waals surface area contributed by atoms with Gasteiger partial charge in [0.2, 0.25) is 5.91 Å². The molecular weight excluding hydrogens is 232 g/mol. The standard InChI is InChI=1S/C12H18N4O2/c1-2-5-13-11(18)7-14-9-6-10(17)16-12(15-9)8-3-4-8/h6,8H,2-5,7H2,1H3,(H,13,18)(H2,14,15,16,17). The highest BCUT2D eigenvalue weighted by Crippen LogP contribution is 2.37. The molecule has 6 nitrogen and oxygen atoms in total. The molecule has 0 bridgehead atoms. The van der Waals surface area contributed by atoms with Gasteiger partial charge in [-0.25, -0.2) is 4.98 Å². The smallest absolute Gasteiger partial charge is 0.252 e. The van der Waals surface area contributed by atoms with Crippen LogP contribution < -0.4 is 16.2 Å². The molecule has 1 aliphatic carbocycles. The van der Waals surface area contributed by atoms with Gasteiger partial charge in [0, 0.05) is 18.5 Å². The van der Waals surface area contributed by atoms with E-state index in [1.165, 1.54) is 6.07 Å². The molecule has 18 heavy (non-hydrogen) atoms. The molecule has 0 unspecified atom stereocenters. The second-order valence-electron chi connectivity index (χ2n) is 4.49. The quantitative estimate of drug-likeness (QED) is 0.689. The van der Waals surface area contributed by atoms with Crippen LogP contribution in [-0.4, -0.2) is 29.0 Å². The van der Waals surface area contributed by atoms with Gasteiger partial charge in [0.25, 0.3) is 5.56 Å². The predicted molar refractivity (Wildman–Crippen MR) is 68.6 cm³/mol. The van der Waals surface area contributed by atoms with Gasteiger partial charge in [-0.3, -0.25) is 9.59 Å². The number of nitrogens with one attached hydrogen (secondary N) is 3. The first-order chi connectivity index (χ1) is 8.69. The molecule has 1 aliphatic rings. The fourth-order valence-electron chi connectivity index (χ4n) is 1.61. The van der Waals surface area contributed by atoms with Crippen molar-refractivity contribution in [3.05, 3.63) is 22.2 Å². The summed E-state index contributed by atoms with van der Waals surface area (Å²) in [4.78, 5) is 29.9. The van der Waals surface area contributed by atoms with Gasteiger partial charge in [-0.15, -0.1) is 0 Å². The summed E-state index contributed by atoms with van der Waals surface area (Å²) < 4.78 is 0. The fraction of sp³-hybridized carbons (Fsp3) is 0.583. The van der Waals surface area contributed by atoms with Gasteiger partial charge in [-0.2, -0.15) is 0 Å². The van der Waals surface area contributed by atoms with Crippen LogP contribution in [0.4, 0.5) is 5.82 Å². The van der Waals surface area contributed by atoms with Crippen molar-refractivity contribution in [3.8, 4) is 0 Å². The lowest BCUT2D eigenvalue weighted by Gasteiger charge is -2.07. The van der Waals surface area contributed by atoms with Crippen LogP contribution >= 0.6 is 0 Å². The molecule has 1 fully saturated rings. The highest BCUT2D eigenvalue weighted by atomic mass is 16.2. The van der Waals surface area contributed by atoms with Crippen LogP contribution in [0.15, 0.2) is 10.9 Å². The summed E-state index contributed by atoms with van der Waals surface area (Å²) >= 11 is 0. The molecule has 0 saturated heterocycles. The maximum atomic E-state index is 11.4. The maximum Gasteiger partial charge on any atom is 0.252 e. The van der Waals surface area contributed by atoms with E-state index >= 15 is 0 Å². The van der Waals surface area contributed by atoms with E-state index in [2.05, 4.69) is 20.6 Å². The average molecular weight is 250 g/mol. The van der Waals surface area contributed by atoms with Gasteiger partial charge in [0.05, 0.1) is 6.54 Å². The molecule has 1 aromatic heterocycles. The Morgan fingerprint density at radius 3 is 3.00 bits per heavy atom. The first-order valence-electron chi connectivity index (χ1n) is 6.31. The zero-order valence-corrected chi connectivity index (χ0v) is 10.5. The lowest BCUT2D eigenvalue weighted by molar-refractivity contribution is -0.119. The van der Waals surface area contributed by atoms with Crippen LogP contribution in [0.3, 0.4) is 0 Å². The van der Waals surface area contributed by atoms with E-state index < -0.39 is 0 Å². The Labute approximate surface area is 105 Å². The molecule has 98 valence electrons. The first kappa shape index (κ1) is 12.6. The summed E-state index contributed by atoms with van der Waals surface area (Å²) in [5.41, 5.74) is -0.177. The van der Waals surface area contributed by atoms with Crippen molar-refractivity contribution in [2.75, 3.05) is 18.4 Å². The molecule has 1 saturated carbocycles. The number of aromatic amines is 1. The number of aromatic nitrogens is 2. The van der Waals surface area contributed by atoms with Gasteiger partial charge in [0.15, 0.2) is 0 Å². The van der Waals surface area contributed by atoms with Gasteiger partial charge in [-0.1, -0.05) is 6.92 Å². The van der Waals surface area contributed by atoms with Crippen LogP contribution in [0.5, 0.6) is 0 Å². The molecule has 0 spiro atoms. The Hall–Kier alpha value is -1.85. The molecule has 6 heteroatoms. The topological polar surface area (TPSA) is 86.9 Å². The lowest BCUT2D eigenvalue weighted by Crippen LogP contribution is -2.30. The first-order valence-corrected chi connectivity index (χ1v) is 6.31. The number of rotatable bonds is 6. The van der Waals surface area contributed by atoms with Crippen molar-refractivity contribution in [3.63, 3.8) is 0 Å². The molecule has 1 amide bonds. The number of carbonyl (C=O) groups is 1. The highest BCUT2D eigenvalue weighted by Gasteiger charge is 2.26. The summed E-state index contributed by atoms with van der Waals surface area (Å²) in [6.07, 6.45) is 3.05. The minimum atomic E-state index is -0.177. The number of carbonyl (C=O) groups excluding carboxylic acids is 1. The fourth-order valence-corrected chi connectivity index (χ4v) is 1.61. The number of hydrogen-bond donors (Lipinski definition) is 3. The van der Waals surface area contributed by atoms with E-state index in [1.54, 1.807) is 0 Å². The van der Waals surface area contributed by atoms with Gasteiger partial charge >= 0.3 is 0 Å². The maximum absolute atomic E-state index is 11.4. The van der Waals surface area contributed by atoms with Crippen LogP contribution in [0, 0.1) is 0 Å². The van der Waals surface area contributed by atoms with Crippen molar-refractivity contribution in [2.45, 2.75) is 32.1 Å². The Bertz CT molecular complexity index is 479. The van der Waals surface area contributed by atoms with E-state index in [0.29, 0.717) is 18.3 Å². The van der Waals surface area contributed by atoms with E-state index in [1.807, 2.05) is 6.92 Å². The molecule has 1 aromatic rings. The number of nitrogens with zero attached hydrogens (tertiary/aromatic N) is 1. The van der Waals surface area contributed by atoms with Crippen molar-refractivity contribution < 1.29 is 4.79 Å². The van der Waals surface area contributed by atoms with Crippen LogP contribution in [0.2, 0.25) is 0 Å². The SMILES string of the molecule is CCCNC(=O)CNc1cc(=O)[nH]c(C2CC2)n1. The molecule has 3 N–H and O–H groups in total. The van der Waals surface area contributed by atoms with E-state index in [-0.39, 0.29) is 18.0 Å². The Morgan fingerprint density at radius 1 is 1.56 bits per heavy atom. The third kappa shape index (κ3) is 3.58. The second-order valence-corrected chi connectivity index (χ2v) is 4.49. The van der Waals surface area contributed by atoms with Gasteiger partial charge in [0.1, 0.15) is 11.6 Å². The van der Waals surface area contributed by atoms with Crippen molar-refractivity contribution >= 4 is 11.7 Å². The lowest BCUT2D eigenvalue weighted by atomic mass is 10.4. The third-order valence-corrected chi connectivity index (χ3v) is 2.73. The van der Waals surface area contributed by atoms with Crippen LogP contribution in [-0.2, 0) is 4.79 Å². The highest BCUT2D eigenvalue weighted by molar-refractivity contribution is 5.80. The number of hydrogen-bond acceptors (Lipinski definition) is 4. The van der Waals surface area contributed by atoms with Gasteiger partial charge < -0.3 is 15.6 Å². The van der Waals surface area contributed by atoms with Crippen molar-refractivity contribution in [2.24, 2.45) is 0 Å². The second kappa shape index (κ2) is 5.66. The normalized spacial score (nSPS) is 14.3. The summed E-state index contributed by atoms with van der Waals surface area (Å²) in [6, 6.07) is 1.37. The molecule has 0 aromatic carbocycles. The summed E-state index contributed by atoms with van der Waals surface area (Å²) in [5, 5.41) is 5.63. The monoisotopic (exact) mass is 250 g/mol. The Balaban J connectivity index is 1.92. The summed E-state index contributed by atoms with van der Waals surface area (Å²) in [7, 11) is 0.